The topological polar surface area (TPSA) is 49.8 Å². The van der Waals surface area contributed by atoms with E-state index in [1.165, 1.54) is 5.56 Å². The first-order valence-electron chi connectivity index (χ1n) is 8.45. The maximum Gasteiger partial charge on any atom is 0.307 e. The highest BCUT2D eigenvalue weighted by Crippen LogP contribution is 2.37. The molecule has 1 N–H and O–H groups in total. The molecule has 25 heavy (non-hydrogen) atoms. The van der Waals surface area contributed by atoms with Gasteiger partial charge in [0.15, 0.2) is 0 Å². The number of aliphatic carboxylic acids is 1. The fourth-order valence-electron chi connectivity index (χ4n) is 3.09. The van der Waals surface area contributed by atoms with Crippen LogP contribution in [0.15, 0.2) is 48.5 Å². The van der Waals surface area contributed by atoms with Crippen molar-refractivity contribution in [3.8, 4) is 5.75 Å². The number of fused-ring (bicyclic) bond motifs is 2. The molecule has 0 amide bonds. The molecule has 0 saturated carbocycles. The third-order valence-electron chi connectivity index (χ3n) is 4.31. The second-order valence-electron chi connectivity index (χ2n) is 6.56. The average Bonchev–Trinajstić information content (AvgIpc) is 2.71. The van der Waals surface area contributed by atoms with E-state index in [9.17, 15) is 4.79 Å². The van der Waals surface area contributed by atoms with Crippen LogP contribution in [0.3, 0.4) is 0 Å². The highest BCUT2D eigenvalue weighted by molar-refractivity contribution is 5.85. The van der Waals surface area contributed by atoms with Crippen LogP contribution >= 0.6 is 0 Å². The zero-order valence-electron chi connectivity index (χ0n) is 14.7. The van der Waals surface area contributed by atoms with Gasteiger partial charge in [0.1, 0.15) is 12.4 Å². The predicted molar refractivity (Wildman–Crippen MR) is 98.8 cm³/mol. The average molecular weight is 337 g/mol. The summed E-state index contributed by atoms with van der Waals surface area (Å²) in [7, 11) is 4.13. The van der Waals surface area contributed by atoms with Crippen LogP contribution in [0, 0.1) is 0 Å². The lowest BCUT2D eigenvalue weighted by atomic mass is 9.92. The first-order valence-corrected chi connectivity index (χ1v) is 8.45. The quantitative estimate of drug-likeness (QED) is 0.906. The van der Waals surface area contributed by atoms with Gasteiger partial charge in [-0.3, -0.25) is 4.79 Å². The summed E-state index contributed by atoms with van der Waals surface area (Å²) in [5.41, 5.74) is 5.27. The van der Waals surface area contributed by atoms with Gasteiger partial charge in [-0.05, 0) is 48.8 Å². The summed E-state index contributed by atoms with van der Waals surface area (Å²) in [6.07, 6.45) is 3.19. The number of hydrogen-bond acceptors (Lipinski definition) is 3. The normalized spacial score (nSPS) is 14.6. The van der Waals surface area contributed by atoms with E-state index in [1.54, 1.807) is 0 Å². The standard InChI is InChI=1S/C21H23NO3/c1-22(2)11-5-8-18-17-7-4-3-6-16(17)14-25-20-12-15(13-21(23)24)9-10-19(18)20/h3-4,6-10,12H,5,11,13-14H2,1-2H3,(H,23,24)/b18-8+. The third kappa shape index (κ3) is 4.09. The van der Waals surface area contributed by atoms with Gasteiger partial charge in [-0.15, -0.1) is 0 Å². The lowest BCUT2D eigenvalue weighted by molar-refractivity contribution is -0.136. The van der Waals surface area contributed by atoms with Gasteiger partial charge in [-0.1, -0.05) is 42.5 Å². The first-order chi connectivity index (χ1) is 12.0. The fraction of sp³-hybridized carbons (Fsp3) is 0.286. The summed E-state index contributed by atoms with van der Waals surface area (Å²) < 4.78 is 6.01. The van der Waals surface area contributed by atoms with E-state index in [0.29, 0.717) is 6.61 Å². The van der Waals surface area contributed by atoms with Crippen molar-refractivity contribution in [2.24, 2.45) is 0 Å². The van der Waals surface area contributed by atoms with Crippen molar-refractivity contribution >= 4 is 11.5 Å². The minimum atomic E-state index is -0.835. The minimum absolute atomic E-state index is 0.00324. The molecule has 1 aliphatic rings. The monoisotopic (exact) mass is 337 g/mol. The van der Waals surface area contributed by atoms with Gasteiger partial charge in [0, 0.05) is 12.1 Å². The predicted octanol–water partition coefficient (Wildman–Crippen LogP) is 3.59. The van der Waals surface area contributed by atoms with Crippen LogP contribution in [0.1, 0.15) is 28.7 Å². The molecule has 2 aromatic carbocycles. The Labute approximate surface area is 148 Å². The number of carbonyl (C=O) groups is 1. The number of ether oxygens (including phenoxy) is 1. The van der Waals surface area contributed by atoms with Gasteiger partial charge in [0.2, 0.25) is 0 Å². The molecule has 0 atom stereocenters. The molecule has 130 valence electrons. The maximum absolute atomic E-state index is 11.0. The summed E-state index contributed by atoms with van der Waals surface area (Å²) in [4.78, 5) is 13.2. The molecule has 0 bridgehead atoms. The van der Waals surface area contributed by atoms with Crippen molar-refractivity contribution in [1.82, 2.24) is 4.90 Å². The van der Waals surface area contributed by atoms with Gasteiger partial charge >= 0.3 is 5.97 Å². The van der Waals surface area contributed by atoms with Crippen molar-refractivity contribution in [2.45, 2.75) is 19.4 Å². The molecule has 0 radical (unpaired) electrons. The molecule has 0 aliphatic carbocycles. The van der Waals surface area contributed by atoms with E-state index in [1.807, 2.05) is 30.3 Å². The molecule has 0 unspecified atom stereocenters. The summed E-state index contributed by atoms with van der Waals surface area (Å²) in [5.74, 6) is -0.0790. The van der Waals surface area contributed by atoms with Crippen molar-refractivity contribution in [2.75, 3.05) is 20.6 Å². The van der Waals surface area contributed by atoms with Crippen molar-refractivity contribution in [1.29, 1.82) is 0 Å². The fourth-order valence-corrected chi connectivity index (χ4v) is 3.09. The van der Waals surface area contributed by atoms with E-state index in [-0.39, 0.29) is 6.42 Å². The van der Waals surface area contributed by atoms with Crippen LogP contribution < -0.4 is 4.74 Å². The summed E-state index contributed by atoms with van der Waals surface area (Å²) >= 11 is 0. The smallest absolute Gasteiger partial charge is 0.307 e. The molecule has 0 saturated heterocycles. The summed E-state index contributed by atoms with van der Waals surface area (Å²) in [6.45, 7) is 1.46. The molecule has 0 fully saturated rings. The molecule has 4 nitrogen and oxygen atoms in total. The van der Waals surface area contributed by atoms with Gasteiger partial charge in [0.25, 0.3) is 0 Å². The second-order valence-corrected chi connectivity index (χ2v) is 6.56. The molecule has 4 heteroatoms. The van der Waals surface area contributed by atoms with Crippen molar-refractivity contribution < 1.29 is 14.6 Å². The number of nitrogens with zero attached hydrogens (tertiary/aromatic N) is 1. The number of benzene rings is 2. The molecule has 3 rings (SSSR count). The Morgan fingerprint density at radius 2 is 2.00 bits per heavy atom. The Bertz CT molecular complexity index is 809. The molecular formula is C21H23NO3. The highest BCUT2D eigenvalue weighted by atomic mass is 16.5. The molecule has 2 aromatic rings. The van der Waals surface area contributed by atoms with E-state index < -0.39 is 5.97 Å². The van der Waals surface area contributed by atoms with E-state index in [4.69, 9.17) is 9.84 Å². The molecule has 1 aliphatic heterocycles. The summed E-state index contributed by atoms with van der Waals surface area (Å²) in [6, 6.07) is 14.0. The zero-order valence-corrected chi connectivity index (χ0v) is 14.7. The van der Waals surface area contributed by atoms with Crippen molar-refractivity contribution in [3.63, 3.8) is 0 Å². The molecule has 0 aromatic heterocycles. The number of rotatable bonds is 5. The van der Waals surface area contributed by atoms with Crippen LogP contribution in [0.25, 0.3) is 5.57 Å². The molecule has 0 spiro atoms. The van der Waals surface area contributed by atoms with Crippen LogP contribution in [0.4, 0.5) is 0 Å². The maximum atomic E-state index is 11.0. The Morgan fingerprint density at radius 3 is 2.76 bits per heavy atom. The first kappa shape index (κ1) is 17.2. The minimum Gasteiger partial charge on any atom is -0.488 e. The summed E-state index contributed by atoms with van der Waals surface area (Å²) in [5, 5.41) is 9.03. The van der Waals surface area contributed by atoms with E-state index >= 15 is 0 Å². The lowest BCUT2D eigenvalue weighted by Gasteiger charge is -2.13. The Morgan fingerprint density at radius 1 is 1.20 bits per heavy atom. The van der Waals surface area contributed by atoms with E-state index in [2.05, 4.69) is 37.2 Å². The second kappa shape index (κ2) is 7.53. The SMILES string of the molecule is CN(C)CC/C=C1\c2ccccc2COc2cc(CC(=O)O)ccc21. The van der Waals surface area contributed by atoms with E-state index in [0.717, 1.165) is 41.0 Å². The Kier molecular flexibility index (Phi) is 5.19. The number of carboxylic acids is 1. The largest absolute Gasteiger partial charge is 0.488 e. The van der Waals surface area contributed by atoms with Crippen LogP contribution in [-0.4, -0.2) is 36.6 Å². The zero-order chi connectivity index (χ0) is 17.8. The molecule has 1 heterocycles. The van der Waals surface area contributed by atoms with Crippen molar-refractivity contribution in [3.05, 3.63) is 70.8 Å². The van der Waals surface area contributed by atoms with Gasteiger partial charge in [-0.2, -0.15) is 0 Å². The lowest BCUT2D eigenvalue weighted by Crippen LogP contribution is -2.12. The molecular weight excluding hydrogens is 314 g/mol. The Balaban J connectivity index is 2.04. The van der Waals surface area contributed by atoms with Crippen LogP contribution in [0.5, 0.6) is 5.75 Å². The van der Waals surface area contributed by atoms with Gasteiger partial charge in [0.05, 0.1) is 6.42 Å². The van der Waals surface area contributed by atoms with Gasteiger partial charge < -0.3 is 14.7 Å². The Hall–Kier alpha value is -2.59. The van der Waals surface area contributed by atoms with Crippen LogP contribution in [0.2, 0.25) is 0 Å². The highest BCUT2D eigenvalue weighted by Gasteiger charge is 2.19. The van der Waals surface area contributed by atoms with Gasteiger partial charge in [-0.25, -0.2) is 0 Å². The number of hydrogen-bond donors (Lipinski definition) is 1. The number of carboxylic acid groups (broad SMARTS) is 1. The third-order valence-corrected chi connectivity index (χ3v) is 4.31. The van der Waals surface area contributed by atoms with Crippen LogP contribution in [-0.2, 0) is 17.8 Å².